The molecule has 0 spiro atoms. The van der Waals surface area contributed by atoms with Gasteiger partial charge in [0.1, 0.15) is 5.60 Å². The second-order valence-corrected chi connectivity index (χ2v) is 21.5. The van der Waals surface area contributed by atoms with Crippen LogP contribution in [0.3, 0.4) is 0 Å². The van der Waals surface area contributed by atoms with Crippen molar-refractivity contribution in [2.45, 2.75) is 103 Å². The van der Waals surface area contributed by atoms with Gasteiger partial charge in [-0.1, -0.05) is 18.4 Å². The van der Waals surface area contributed by atoms with Crippen molar-refractivity contribution in [2.75, 3.05) is 0 Å². The number of hydrogen-bond donors (Lipinski definition) is 0. The zero-order chi connectivity index (χ0) is 22.7. The van der Waals surface area contributed by atoms with E-state index >= 15 is 0 Å². The van der Waals surface area contributed by atoms with Crippen molar-refractivity contribution >= 4 is 16.6 Å². The Morgan fingerprint density at radius 2 is 1.77 bits per heavy atom. The largest absolute Gasteiger partial charge is 0.545 e. The molecule has 0 saturated heterocycles. The van der Waals surface area contributed by atoms with Crippen LogP contribution >= 0.6 is 0 Å². The van der Waals surface area contributed by atoms with E-state index in [1.165, 1.54) is 38.5 Å². The van der Waals surface area contributed by atoms with Crippen LogP contribution in [0, 0.1) is 41.4 Å². The highest BCUT2D eigenvalue weighted by molar-refractivity contribution is 6.70. The quantitative estimate of drug-likeness (QED) is 0.314. The van der Waals surface area contributed by atoms with Crippen LogP contribution in [0.2, 0.25) is 39.3 Å². The minimum atomic E-state index is -1.72. The number of terminal acetylenes is 1. The van der Waals surface area contributed by atoms with Crippen LogP contribution in [0.1, 0.15) is 58.3 Å². The van der Waals surface area contributed by atoms with Gasteiger partial charge in [0, 0.05) is 5.41 Å². The van der Waals surface area contributed by atoms with Gasteiger partial charge in [-0.15, -0.1) is 6.42 Å². The van der Waals surface area contributed by atoms with Crippen LogP contribution in [0.4, 0.5) is 0 Å². The molecular weight excluding hydrogens is 412 g/mol. The predicted octanol–water partition coefficient (Wildman–Crippen LogP) is 7.52. The maximum absolute atomic E-state index is 6.92. The van der Waals surface area contributed by atoms with Gasteiger partial charge in [0.25, 0.3) is 0 Å². The Bertz CT molecular complexity index is 809. The van der Waals surface area contributed by atoms with Crippen molar-refractivity contribution in [3.63, 3.8) is 0 Å². The summed E-state index contributed by atoms with van der Waals surface area (Å²) < 4.78 is 13.3. The molecular formula is C27H44O2Si2. The molecule has 4 aliphatic carbocycles. The van der Waals surface area contributed by atoms with Crippen LogP contribution in [0.5, 0.6) is 0 Å². The first-order chi connectivity index (χ1) is 14.4. The van der Waals surface area contributed by atoms with Gasteiger partial charge in [-0.25, -0.2) is 0 Å². The molecule has 6 unspecified atom stereocenters. The Labute approximate surface area is 193 Å². The fourth-order valence-corrected chi connectivity index (χ4v) is 10.2. The highest BCUT2D eigenvalue weighted by Gasteiger charge is 2.65. The fraction of sp³-hybridized carbons (Fsp3) is 0.778. The van der Waals surface area contributed by atoms with Crippen LogP contribution in [-0.4, -0.2) is 22.2 Å². The third-order valence-corrected chi connectivity index (χ3v) is 10.5. The predicted molar refractivity (Wildman–Crippen MR) is 136 cm³/mol. The summed E-state index contributed by atoms with van der Waals surface area (Å²) in [6, 6.07) is 0. The van der Waals surface area contributed by atoms with Gasteiger partial charge in [0.05, 0.1) is 5.76 Å². The average molecular weight is 457 g/mol. The molecule has 0 aliphatic heterocycles. The minimum Gasteiger partial charge on any atom is -0.545 e. The van der Waals surface area contributed by atoms with E-state index in [2.05, 4.69) is 64.3 Å². The van der Waals surface area contributed by atoms with Gasteiger partial charge in [-0.2, -0.15) is 0 Å². The third-order valence-electron chi connectivity index (χ3n) is 8.74. The normalized spacial score (nSPS) is 40.1. The SMILES string of the molecule is C#CC1(O[Si](C)(C)C)CCC2C3CCC4=CC(O[Si](C)(C)C)=CCC4C3CCC21CC. The molecule has 0 radical (unpaired) electrons. The second-order valence-electron chi connectivity index (χ2n) is 12.6. The monoisotopic (exact) mass is 456 g/mol. The standard InChI is InChI=1S/C27H44O2Si2/c1-9-26-17-15-23-22-14-12-21(28-30(3,4)5)19-20(22)11-13-24(23)25(26)16-18-27(26,10-2)29-31(6,7)8/h2,12,19,22-25H,9,11,13-18H2,1,3-8H3. The lowest BCUT2D eigenvalue weighted by molar-refractivity contribution is -0.0899. The molecule has 3 saturated carbocycles. The van der Waals surface area contributed by atoms with Crippen molar-refractivity contribution in [3.05, 3.63) is 23.5 Å². The Morgan fingerprint density at radius 3 is 2.39 bits per heavy atom. The molecule has 4 rings (SSSR count). The molecule has 0 aromatic carbocycles. The van der Waals surface area contributed by atoms with Crippen LogP contribution in [0.15, 0.2) is 23.5 Å². The van der Waals surface area contributed by atoms with E-state index in [1.807, 2.05) is 0 Å². The van der Waals surface area contributed by atoms with Crippen molar-refractivity contribution in [2.24, 2.45) is 29.1 Å². The maximum atomic E-state index is 6.92. The van der Waals surface area contributed by atoms with Gasteiger partial charge in [-0.05, 0) is 126 Å². The van der Waals surface area contributed by atoms with Gasteiger partial charge >= 0.3 is 0 Å². The van der Waals surface area contributed by atoms with Crippen molar-refractivity contribution in [1.29, 1.82) is 0 Å². The Hall–Kier alpha value is -0.766. The zero-order valence-electron chi connectivity index (χ0n) is 21.0. The van der Waals surface area contributed by atoms with Crippen LogP contribution in [0.25, 0.3) is 0 Å². The summed E-state index contributed by atoms with van der Waals surface area (Å²) in [5.41, 5.74) is 1.52. The minimum absolute atomic E-state index is 0.182. The van der Waals surface area contributed by atoms with E-state index in [0.29, 0.717) is 0 Å². The molecule has 0 bridgehead atoms. The summed E-state index contributed by atoms with van der Waals surface area (Å²) in [6.07, 6.45) is 20.9. The summed E-state index contributed by atoms with van der Waals surface area (Å²) >= 11 is 0. The lowest BCUT2D eigenvalue weighted by Crippen LogP contribution is -2.57. The molecule has 6 atom stereocenters. The van der Waals surface area contributed by atoms with Crippen LogP contribution in [-0.2, 0) is 8.85 Å². The Kier molecular flexibility index (Phi) is 5.98. The molecule has 0 N–H and O–H groups in total. The number of allylic oxidation sites excluding steroid dienone is 3. The zero-order valence-corrected chi connectivity index (χ0v) is 23.0. The molecule has 172 valence electrons. The fourth-order valence-electron chi connectivity index (χ4n) is 7.90. The molecule has 0 aromatic rings. The summed E-state index contributed by atoms with van der Waals surface area (Å²) in [6.45, 7) is 16.1. The van der Waals surface area contributed by atoms with E-state index in [1.54, 1.807) is 5.57 Å². The highest BCUT2D eigenvalue weighted by Crippen LogP contribution is 2.67. The first-order valence-electron chi connectivity index (χ1n) is 12.7. The van der Waals surface area contributed by atoms with Gasteiger partial charge in [0.2, 0.25) is 8.32 Å². The number of rotatable bonds is 5. The summed E-state index contributed by atoms with van der Waals surface area (Å²) in [5, 5.41) is 0. The van der Waals surface area contributed by atoms with Crippen molar-refractivity contribution in [3.8, 4) is 12.3 Å². The summed E-state index contributed by atoms with van der Waals surface area (Å²) in [5.74, 6) is 7.51. The lowest BCUT2D eigenvalue weighted by Gasteiger charge is -2.57. The van der Waals surface area contributed by atoms with Gasteiger partial charge < -0.3 is 8.85 Å². The molecule has 3 fully saturated rings. The third kappa shape index (κ3) is 4.04. The first-order valence-corrected chi connectivity index (χ1v) is 19.5. The molecule has 0 amide bonds. The lowest BCUT2D eigenvalue weighted by atomic mass is 9.49. The smallest absolute Gasteiger partial charge is 0.242 e. The number of fused-ring (bicyclic) bond motifs is 5. The van der Waals surface area contributed by atoms with E-state index < -0.39 is 16.6 Å². The van der Waals surface area contributed by atoms with E-state index in [9.17, 15) is 0 Å². The van der Waals surface area contributed by atoms with E-state index in [0.717, 1.165) is 42.3 Å². The van der Waals surface area contributed by atoms with Gasteiger partial charge in [-0.3, -0.25) is 0 Å². The first kappa shape index (κ1) is 23.4. The van der Waals surface area contributed by atoms with Gasteiger partial charge in [0.15, 0.2) is 8.32 Å². The molecule has 0 aromatic heterocycles. The summed E-state index contributed by atoms with van der Waals surface area (Å²) in [4.78, 5) is 0. The second kappa shape index (κ2) is 7.92. The van der Waals surface area contributed by atoms with E-state index in [-0.39, 0.29) is 11.0 Å². The van der Waals surface area contributed by atoms with Crippen LogP contribution < -0.4 is 0 Å². The number of hydrogen-bond acceptors (Lipinski definition) is 2. The molecule has 4 heteroatoms. The molecule has 0 heterocycles. The maximum Gasteiger partial charge on any atom is 0.242 e. The van der Waals surface area contributed by atoms with E-state index in [4.69, 9.17) is 15.3 Å². The highest BCUT2D eigenvalue weighted by atomic mass is 28.4. The molecule has 2 nitrogen and oxygen atoms in total. The Morgan fingerprint density at radius 1 is 1.03 bits per heavy atom. The van der Waals surface area contributed by atoms with Crippen molar-refractivity contribution in [1.82, 2.24) is 0 Å². The van der Waals surface area contributed by atoms with Crippen molar-refractivity contribution < 1.29 is 8.85 Å². The Balaban J connectivity index is 1.58. The molecule has 31 heavy (non-hydrogen) atoms. The summed E-state index contributed by atoms with van der Waals surface area (Å²) in [7, 11) is -3.27. The topological polar surface area (TPSA) is 18.5 Å². The average Bonchev–Trinajstić information content (AvgIpc) is 2.99. The molecule has 4 aliphatic rings.